The van der Waals surface area contributed by atoms with Gasteiger partial charge in [-0.3, -0.25) is 0 Å². The third kappa shape index (κ3) is 7.49. The highest BCUT2D eigenvalue weighted by Gasteiger charge is 2.19. The van der Waals surface area contributed by atoms with Gasteiger partial charge in [-0.25, -0.2) is 0 Å². The van der Waals surface area contributed by atoms with Crippen LogP contribution in [0.25, 0.3) is 0 Å². The summed E-state index contributed by atoms with van der Waals surface area (Å²) in [6.45, 7) is 2.79. The van der Waals surface area contributed by atoms with Crippen molar-refractivity contribution in [2.45, 2.75) is 51.0 Å². The van der Waals surface area contributed by atoms with Crippen molar-refractivity contribution in [3.8, 4) is 5.75 Å². The molecule has 0 heterocycles. The number of hydrogen-bond donors (Lipinski definition) is 1. The van der Waals surface area contributed by atoms with Crippen LogP contribution in [-0.2, 0) is 11.2 Å². The van der Waals surface area contributed by atoms with Crippen molar-refractivity contribution in [2.24, 2.45) is 0 Å². The summed E-state index contributed by atoms with van der Waals surface area (Å²) in [7, 11) is 1.74. The van der Waals surface area contributed by atoms with Crippen molar-refractivity contribution in [1.29, 1.82) is 0 Å². The first-order valence-corrected chi connectivity index (χ1v) is 8.32. The lowest BCUT2D eigenvalue weighted by molar-refractivity contribution is 0.202. The van der Waals surface area contributed by atoms with Crippen LogP contribution in [-0.4, -0.2) is 32.9 Å². The van der Waals surface area contributed by atoms with Crippen molar-refractivity contribution < 1.29 is 9.47 Å². The van der Waals surface area contributed by atoms with E-state index in [-0.39, 0.29) is 0 Å². The summed E-state index contributed by atoms with van der Waals surface area (Å²) < 4.78 is 10.8. The summed E-state index contributed by atoms with van der Waals surface area (Å²) >= 11 is 0. The van der Waals surface area contributed by atoms with E-state index in [0.29, 0.717) is 0 Å². The largest absolute Gasteiger partial charge is 0.494 e. The van der Waals surface area contributed by atoms with E-state index >= 15 is 0 Å². The van der Waals surface area contributed by atoms with Gasteiger partial charge in [0.25, 0.3) is 0 Å². The monoisotopic (exact) mass is 291 g/mol. The molecule has 0 amide bonds. The molecule has 1 aliphatic rings. The normalized spacial score (nSPS) is 14.3. The number of methoxy groups -OCH3 is 1. The second-order valence-electron chi connectivity index (χ2n) is 5.88. The van der Waals surface area contributed by atoms with Gasteiger partial charge < -0.3 is 14.8 Å². The molecule has 0 atom stereocenters. The van der Waals surface area contributed by atoms with E-state index in [1.807, 2.05) is 0 Å². The fourth-order valence-electron chi connectivity index (χ4n) is 2.34. The molecule has 2 rings (SSSR count). The standard InChI is InChI=1S/C18H29NO2/c1-20-15-12-16-6-10-18(11-7-16)21-14-5-3-2-4-13-19-17-8-9-17/h6-7,10-11,17,19H,2-5,8-9,12-15H2,1H3. The molecule has 21 heavy (non-hydrogen) atoms. The Balaban J connectivity index is 1.45. The average molecular weight is 291 g/mol. The molecular weight excluding hydrogens is 262 g/mol. The minimum atomic E-state index is 0.774. The van der Waals surface area contributed by atoms with Gasteiger partial charge in [0.1, 0.15) is 5.75 Å². The topological polar surface area (TPSA) is 30.5 Å². The highest BCUT2D eigenvalue weighted by Crippen LogP contribution is 2.18. The predicted octanol–water partition coefficient (Wildman–Crippen LogP) is 3.57. The Morgan fingerprint density at radius 2 is 1.76 bits per heavy atom. The van der Waals surface area contributed by atoms with Crippen LogP contribution in [0.4, 0.5) is 0 Å². The van der Waals surface area contributed by atoms with Crippen molar-refractivity contribution in [3.05, 3.63) is 29.8 Å². The number of hydrogen-bond acceptors (Lipinski definition) is 3. The minimum absolute atomic E-state index is 0.774. The van der Waals surface area contributed by atoms with Gasteiger partial charge in [0.15, 0.2) is 0 Å². The zero-order chi connectivity index (χ0) is 14.8. The Kier molecular flexibility index (Phi) is 7.61. The van der Waals surface area contributed by atoms with E-state index in [4.69, 9.17) is 9.47 Å². The molecule has 0 aromatic heterocycles. The van der Waals surface area contributed by atoms with E-state index < -0.39 is 0 Å². The maximum atomic E-state index is 5.77. The maximum Gasteiger partial charge on any atom is 0.119 e. The zero-order valence-electron chi connectivity index (χ0n) is 13.3. The fourth-order valence-corrected chi connectivity index (χ4v) is 2.34. The maximum absolute atomic E-state index is 5.77. The Bertz CT molecular complexity index is 373. The molecule has 118 valence electrons. The van der Waals surface area contributed by atoms with Crippen LogP contribution in [0.1, 0.15) is 44.1 Å². The van der Waals surface area contributed by atoms with Gasteiger partial charge in [-0.15, -0.1) is 0 Å². The molecular formula is C18H29NO2. The third-order valence-electron chi connectivity index (χ3n) is 3.87. The molecule has 1 aliphatic carbocycles. The number of unbranched alkanes of at least 4 members (excludes halogenated alkanes) is 3. The third-order valence-corrected chi connectivity index (χ3v) is 3.87. The lowest BCUT2D eigenvalue weighted by Crippen LogP contribution is -2.17. The van der Waals surface area contributed by atoms with Crippen LogP contribution >= 0.6 is 0 Å². The van der Waals surface area contributed by atoms with Gasteiger partial charge in [0, 0.05) is 13.2 Å². The molecule has 1 N–H and O–H groups in total. The van der Waals surface area contributed by atoms with Crippen molar-refractivity contribution >= 4 is 0 Å². The number of ether oxygens (including phenoxy) is 2. The van der Waals surface area contributed by atoms with E-state index in [1.165, 1.54) is 44.2 Å². The molecule has 1 aromatic rings. The zero-order valence-corrected chi connectivity index (χ0v) is 13.3. The van der Waals surface area contributed by atoms with Crippen LogP contribution in [0.5, 0.6) is 5.75 Å². The Hall–Kier alpha value is -1.06. The molecule has 3 heteroatoms. The molecule has 1 aromatic carbocycles. The van der Waals surface area contributed by atoms with E-state index in [1.54, 1.807) is 7.11 Å². The quantitative estimate of drug-likeness (QED) is 0.597. The first kappa shape index (κ1) is 16.3. The first-order chi connectivity index (χ1) is 10.4. The van der Waals surface area contributed by atoms with Crippen LogP contribution < -0.4 is 10.1 Å². The van der Waals surface area contributed by atoms with Crippen molar-refractivity contribution in [2.75, 3.05) is 26.9 Å². The number of nitrogens with one attached hydrogen (secondary N) is 1. The molecule has 0 saturated heterocycles. The van der Waals surface area contributed by atoms with Crippen molar-refractivity contribution in [1.82, 2.24) is 5.32 Å². The molecule has 0 aliphatic heterocycles. The molecule has 3 nitrogen and oxygen atoms in total. The smallest absolute Gasteiger partial charge is 0.119 e. The summed E-state index contributed by atoms with van der Waals surface area (Å²) in [5.41, 5.74) is 1.30. The molecule has 0 unspecified atom stereocenters. The average Bonchev–Trinajstić information content (AvgIpc) is 3.33. The van der Waals surface area contributed by atoms with Crippen LogP contribution in [0, 0.1) is 0 Å². The summed E-state index contributed by atoms with van der Waals surface area (Å²) in [5.74, 6) is 0.978. The Morgan fingerprint density at radius 1 is 1.00 bits per heavy atom. The van der Waals surface area contributed by atoms with Gasteiger partial charge in [-0.2, -0.15) is 0 Å². The predicted molar refractivity (Wildman–Crippen MR) is 87.0 cm³/mol. The SMILES string of the molecule is COCCc1ccc(OCCCCCCNC2CC2)cc1. The van der Waals surface area contributed by atoms with Gasteiger partial charge in [-0.1, -0.05) is 25.0 Å². The second-order valence-corrected chi connectivity index (χ2v) is 5.88. The van der Waals surface area contributed by atoms with E-state index in [9.17, 15) is 0 Å². The highest BCUT2D eigenvalue weighted by atomic mass is 16.5. The lowest BCUT2D eigenvalue weighted by atomic mass is 10.1. The molecule has 1 fully saturated rings. The molecule has 0 bridgehead atoms. The van der Waals surface area contributed by atoms with Crippen LogP contribution in [0.2, 0.25) is 0 Å². The van der Waals surface area contributed by atoms with E-state index in [0.717, 1.165) is 37.8 Å². The van der Waals surface area contributed by atoms with Crippen LogP contribution in [0.15, 0.2) is 24.3 Å². The van der Waals surface area contributed by atoms with Gasteiger partial charge in [-0.05, 0) is 56.3 Å². The second kappa shape index (κ2) is 9.80. The van der Waals surface area contributed by atoms with Crippen LogP contribution in [0.3, 0.4) is 0 Å². The molecule has 0 spiro atoms. The summed E-state index contributed by atoms with van der Waals surface area (Å²) in [6.07, 6.45) is 8.75. The Morgan fingerprint density at radius 3 is 2.48 bits per heavy atom. The molecule has 0 radical (unpaired) electrons. The summed E-state index contributed by atoms with van der Waals surface area (Å²) in [6, 6.07) is 9.21. The van der Waals surface area contributed by atoms with E-state index in [2.05, 4.69) is 29.6 Å². The Labute approximate surface area is 129 Å². The fraction of sp³-hybridized carbons (Fsp3) is 0.667. The van der Waals surface area contributed by atoms with Gasteiger partial charge in [0.2, 0.25) is 0 Å². The van der Waals surface area contributed by atoms with Gasteiger partial charge >= 0.3 is 0 Å². The summed E-state index contributed by atoms with van der Waals surface area (Å²) in [4.78, 5) is 0. The highest BCUT2D eigenvalue weighted by molar-refractivity contribution is 5.27. The van der Waals surface area contributed by atoms with Gasteiger partial charge in [0.05, 0.1) is 13.2 Å². The van der Waals surface area contributed by atoms with Crippen molar-refractivity contribution in [3.63, 3.8) is 0 Å². The minimum Gasteiger partial charge on any atom is -0.494 e. The number of benzene rings is 1. The lowest BCUT2D eigenvalue weighted by Gasteiger charge is -2.07. The summed E-state index contributed by atoms with van der Waals surface area (Å²) in [5, 5.41) is 3.55. The molecule has 1 saturated carbocycles. The first-order valence-electron chi connectivity index (χ1n) is 8.32. The number of rotatable bonds is 12.